The number of halogens is 2. The summed E-state index contributed by atoms with van der Waals surface area (Å²) in [6.45, 7) is 4.64. The Bertz CT molecular complexity index is 1610. The number of anilines is 2. The number of carbonyl (C=O) groups excluding carboxylic acids is 1. The summed E-state index contributed by atoms with van der Waals surface area (Å²) < 4.78 is 42.9. The maximum Gasteiger partial charge on any atom is 0.229 e. The van der Waals surface area contributed by atoms with Crippen molar-refractivity contribution in [1.82, 2.24) is 24.5 Å². The average Bonchev–Trinajstić information content (AvgIpc) is 3.62. The topological polar surface area (TPSA) is 120 Å². The van der Waals surface area contributed by atoms with Crippen molar-refractivity contribution in [1.29, 1.82) is 0 Å². The highest BCUT2D eigenvalue weighted by molar-refractivity contribution is 5.73. The number of rotatable bonds is 7. The molecule has 0 bridgehead atoms. The Labute approximate surface area is 248 Å². The van der Waals surface area contributed by atoms with Crippen LogP contribution in [0.25, 0.3) is 16.8 Å². The van der Waals surface area contributed by atoms with Crippen LogP contribution in [0.4, 0.5) is 20.4 Å². The highest BCUT2D eigenvalue weighted by atomic mass is 19.1. The smallest absolute Gasteiger partial charge is 0.229 e. The van der Waals surface area contributed by atoms with E-state index >= 15 is 8.78 Å². The van der Waals surface area contributed by atoms with Crippen molar-refractivity contribution >= 4 is 23.1 Å². The number of benzene rings is 1. The number of fused-ring (bicyclic) bond motifs is 1. The molecular formula is C31H35F2N7O3. The number of carbonyl (C=O) groups is 1. The lowest BCUT2D eigenvalue weighted by Gasteiger charge is -2.43. The molecule has 1 amide bonds. The van der Waals surface area contributed by atoms with Gasteiger partial charge in [0.15, 0.2) is 0 Å². The third kappa shape index (κ3) is 5.76. The predicted molar refractivity (Wildman–Crippen MR) is 157 cm³/mol. The number of aromatic nitrogens is 4. The van der Waals surface area contributed by atoms with Crippen LogP contribution >= 0.6 is 0 Å². The van der Waals surface area contributed by atoms with Crippen molar-refractivity contribution in [3.63, 3.8) is 0 Å². The Hall–Kier alpha value is -4.16. The first-order chi connectivity index (χ1) is 20.7. The van der Waals surface area contributed by atoms with Crippen LogP contribution in [0.15, 0.2) is 48.9 Å². The fourth-order valence-corrected chi connectivity index (χ4v) is 6.46. The molecule has 1 aliphatic carbocycles. The van der Waals surface area contributed by atoms with Gasteiger partial charge in [0, 0.05) is 50.8 Å². The lowest BCUT2D eigenvalue weighted by molar-refractivity contribution is -0.131. The van der Waals surface area contributed by atoms with Gasteiger partial charge >= 0.3 is 0 Å². The van der Waals surface area contributed by atoms with Crippen LogP contribution in [0.1, 0.15) is 44.6 Å². The number of imidazole rings is 1. The van der Waals surface area contributed by atoms with Crippen LogP contribution in [0.2, 0.25) is 0 Å². The molecule has 43 heavy (non-hydrogen) atoms. The van der Waals surface area contributed by atoms with E-state index in [1.165, 1.54) is 16.6 Å². The van der Waals surface area contributed by atoms with Crippen LogP contribution in [-0.4, -0.2) is 68.8 Å². The average molecular weight is 592 g/mol. The lowest BCUT2D eigenvalue weighted by atomic mass is 9.73. The molecule has 1 aliphatic heterocycles. The molecule has 2 fully saturated rings. The Balaban J connectivity index is 1.27. The zero-order valence-electron chi connectivity index (χ0n) is 24.3. The number of likely N-dealkylation sites (N-methyl/N-ethyl adjacent to an activating group) is 1. The molecule has 1 saturated heterocycles. The predicted octanol–water partition coefficient (Wildman–Crippen LogP) is 4.67. The Morgan fingerprint density at radius 1 is 1.19 bits per heavy atom. The number of nitrogens with zero attached hydrogens (tertiary/aromatic N) is 5. The number of amides is 1. The molecule has 3 aromatic heterocycles. The van der Waals surface area contributed by atoms with E-state index in [0.29, 0.717) is 37.5 Å². The molecule has 10 nitrogen and oxygen atoms in total. The van der Waals surface area contributed by atoms with E-state index in [2.05, 4.69) is 27.3 Å². The van der Waals surface area contributed by atoms with Crippen LogP contribution in [0, 0.1) is 17.6 Å². The van der Waals surface area contributed by atoms with Crippen LogP contribution in [0.3, 0.4) is 0 Å². The fourth-order valence-electron chi connectivity index (χ4n) is 6.46. The lowest BCUT2D eigenvalue weighted by Crippen LogP contribution is -2.54. The minimum absolute atomic E-state index is 0.00159. The molecule has 3 N–H and O–H groups in total. The fraction of sp³-hybridized carbons (Fsp3) is 0.419. The summed E-state index contributed by atoms with van der Waals surface area (Å²) >= 11 is 0. The molecule has 1 saturated carbocycles. The summed E-state index contributed by atoms with van der Waals surface area (Å²) in [7, 11) is 1.81. The molecule has 6 rings (SSSR count). The van der Waals surface area contributed by atoms with Gasteiger partial charge in [-0.05, 0) is 48.4 Å². The minimum atomic E-state index is -0.776. The van der Waals surface area contributed by atoms with Crippen molar-refractivity contribution in [2.75, 3.05) is 25.6 Å². The van der Waals surface area contributed by atoms with Crippen molar-refractivity contribution in [2.24, 2.45) is 11.7 Å². The second-order valence-electron chi connectivity index (χ2n) is 11.5. The van der Waals surface area contributed by atoms with Gasteiger partial charge in [0.2, 0.25) is 11.9 Å². The van der Waals surface area contributed by atoms with E-state index in [9.17, 15) is 4.79 Å². The number of nitrogens with one attached hydrogen (secondary N) is 1. The summed E-state index contributed by atoms with van der Waals surface area (Å²) in [4.78, 5) is 22.6. The van der Waals surface area contributed by atoms with Crippen LogP contribution in [0.5, 0.6) is 5.75 Å². The molecule has 5 atom stereocenters. The zero-order chi connectivity index (χ0) is 30.2. The van der Waals surface area contributed by atoms with Gasteiger partial charge in [-0.1, -0.05) is 6.92 Å². The molecule has 226 valence electrons. The van der Waals surface area contributed by atoms with E-state index in [1.807, 2.05) is 6.07 Å². The molecule has 1 unspecified atom stereocenters. The summed E-state index contributed by atoms with van der Waals surface area (Å²) in [5, 5.41) is 7.88. The monoisotopic (exact) mass is 591 g/mol. The third-order valence-electron chi connectivity index (χ3n) is 8.57. The van der Waals surface area contributed by atoms with Gasteiger partial charge in [0.1, 0.15) is 23.5 Å². The second-order valence-corrected chi connectivity index (χ2v) is 11.5. The summed E-state index contributed by atoms with van der Waals surface area (Å²) in [6, 6.07) is 7.34. The normalized spacial score (nSPS) is 23.8. The highest BCUT2D eigenvalue weighted by Crippen LogP contribution is 2.40. The van der Waals surface area contributed by atoms with Crippen molar-refractivity contribution in [3.8, 4) is 17.0 Å². The van der Waals surface area contributed by atoms with Gasteiger partial charge in [-0.25, -0.2) is 13.8 Å². The van der Waals surface area contributed by atoms with Gasteiger partial charge in [0.05, 0.1) is 48.1 Å². The Morgan fingerprint density at radius 2 is 1.98 bits per heavy atom. The zero-order valence-corrected chi connectivity index (χ0v) is 24.3. The number of hydrogen-bond donors (Lipinski definition) is 2. The van der Waals surface area contributed by atoms with Crippen molar-refractivity contribution in [3.05, 3.63) is 66.1 Å². The van der Waals surface area contributed by atoms with Gasteiger partial charge in [0.25, 0.3) is 0 Å². The first-order valence-electron chi connectivity index (χ1n) is 14.5. The van der Waals surface area contributed by atoms with Crippen LogP contribution < -0.4 is 15.8 Å². The highest BCUT2D eigenvalue weighted by Gasteiger charge is 2.38. The van der Waals surface area contributed by atoms with E-state index in [0.717, 1.165) is 17.7 Å². The quantitative estimate of drug-likeness (QED) is 0.318. The molecule has 2 aliphatic rings. The SMILES string of the molecule is CC(=O)N(C)[C@@H]1[C@H](N)C[C@H](c2ccncc2Nc2ncc3ccc(-c4c(F)cc(OC5CCOC5)cc4F)nn23)C[C@@H]1C. The maximum absolute atomic E-state index is 15.2. The number of nitrogens with two attached hydrogens (primary N) is 1. The standard InChI is InChI=1S/C31H35F2N7O3/c1-17-10-19(11-26(34)30(17)39(3)18(2)41)23-6-8-35-15-28(23)37-31-36-14-20-4-5-27(38-40(20)31)29-24(32)12-22(13-25(29)33)43-21-7-9-42-16-21/h4-6,8,12-15,17,19,21,26,30H,7,9-11,16,34H2,1-3H3,(H,36,37)/t17-,19+,21?,26+,30-/m0/s1. The Morgan fingerprint density at radius 3 is 2.67 bits per heavy atom. The molecule has 4 heterocycles. The summed E-state index contributed by atoms with van der Waals surface area (Å²) in [5.74, 6) is -0.758. The van der Waals surface area contributed by atoms with Gasteiger partial charge in [-0.2, -0.15) is 9.61 Å². The molecule has 0 spiro atoms. The molecular weight excluding hydrogens is 556 g/mol. The molecule has 12 heteroatoms. The largest absolute Gasteiger partial charge is 0.488 e. The number of ether oxygens (including phenoxy) is 2. The minimum Gasteiger partial charge on any atom is -0.488 e. The second kappa shape index (κ2) is 11.8. The summed E-state index contributed by atoms with van der Waals surface area (Å²) in [6.07, 6.45) is 7.06. The van der Waals surface area contributed by atoms with E-state index < -0.39 is 11.6 Å². The molecule has 4 aromatic rings. The molecule has 0 radical (unpaired) electrons. The maximum atomic E-state index is 15.2. The molecule has 1 aromatic carbocycles. The summed E-state index contributed by atoms with van der Waals surface area (Å²) in [5.41, 5.74) is 8.86. The first-order valence-corrected chi connectivity index (χ1v) is 14.5. The number of pyridine rings is 1. The van der Waals surface area contributed by atoms with Crippen molar-refractivity contribution in [2.45, 2.75) is 57.2 Å². The van der Waals surface area contributed by atoms with Gasteiger partial charge in [-0.15, -0.1) is 0 Å². The van der Waals surface area contributed by atoms with E-state index in [-0.39, 0.29) is 52.9 Å². The van der Waals surface area contributed by atoms with E-state index in [1.54, 1.807) is 49.6 Å². The Kier molecular flexibility index (Phi) is 7.97. The number of hydrogen-bond acceptors (Lipinski definition) is 8. The van der Waals surface area contributed by atoms with Crippen molar-refractivity contribution < 1.29 is 23.0 Å². The third-order valence-corrected chi connectivity index (χ3v) is 8.57. The van der Waals surface area contributed by atoms with E-state index in [4.69, 9.17) is 15.2 Å². The first kappa shape index (κ1) is 28.9. The van der Waals surface area contributed by atoms with Gasteiger partial charge < -0.3 is 25.4 Å². The van der Waals surface area contributed by atoms with Gasteiger partial charge in [-0.3, -0.25) is 9.78 Å². The van der Waals surface area contributed by atoms with Crippen LogP contribution in [-0.2, 0) is 9.53 Å².